The Morgan fingerprint density at radius 1 is 0.963 bits per heavy atom. The fraction of sp³-hybridized carbons (Fsp3) is 0.143. The summed E-state index contributed by atoms with van der Waals surface area (Å²) in [7, 11) is 0. The van der Waals surface area contributed by atoms with E-state index in [-0.39, 0.29) is 11.6 Å². The molecular formula is C21H19N5O. The second-order valence-corrected chi connectivity index (χ2v) is 6.37. The largest absolute Gasteiger partial charge is 0.324 e. The lowest BCUT2D eigenvalue weighted by molar-refractivity contribution is 0.102. The molecular weight excluding hydrogens is 338 g/mol. The van der Waals surface area contributed by atoms with E-state index in [2.05, 4.69) is 26.7 Å². The Labute approximate surface area is 157 Å². The summed E-state index contributed by atoms with van der Waals surface area (Å²) in [5.74, 6) is -0.00464. The number of amides is 1. The average Bonchev–Trinajstić information content (AvgIpc) is 2.60. The molecule has 0 spiro atoms. The Bertz CT molecular complexity index is 1030. The highest BCUT2D eigenvalue weighted by molar-refractivity contribution is 6.03. The van der Waals surface area contributed by atoms with Gasteiger partial charge in [0, 0.05) is 17.1 Å². The van der Waals surface area contributed by atoms with Crippen LogP contribution in [0.4, 0.5) is 17.3 Å². The molecule has 0 aliphatic carbocycles. The minimum absolute atomic E-state index is 0.247. The quantitative estimate of drug-likeness (QED) is 0.728. The Morgan fingerprint density at radius 3 is 2.41 bits per heavy atom. The van der Waals surface area contributed by atoms with Gasteiger partial charge in [-0.1, -0.05) is 12.1 Å². The van der Waals surface area contributed by atoms with Crippen molar-refractivity contribution in [3.05, 3.63) is 76.6 Å². The molecule has 0 bridgehead atoms. The predicted octanol–water partition coefficient (Wildman–Crippen LogP) is 4.27. The molecule has 0 aliphatic rings. The van der Waals surface area contributed by atoms with Gasteiger partial charge in [-0.15, -0.1) is 0 Å². The third-order valence-corrected chi connectivity index (χ3v) is 3.81. The number of carbonyl (C=O) groups excluding carboxylic acids is 1. The van der Waals surface area contributed by atoms with E-state index in [1.54, 1.807) is 37.3 Å². The van der Waals surface area contributed by atoms with Gasteiger partial charge in [0.1, 0.15) is 5.69 Å². The van der Waals surface area contributed by atoms with Crippen molar-refractivity contribution in [3.63, 3.8) is 0 Å². The number of rotatable bonds is 4. The molecule has 0 atom stereocenters. The van der Waals surface area contributed by atoms with Gasteiger partial charge in [-0.25, -0.2) is 9.97 Å². The van der Waals surface area contributed by atoms with Crippen LogP contribution in [0, 0.1) is 32.1 Å². The molecule has 2 N–H and O–H groups in total. The molecule has 6 nitrogen and oxygen atoms in total. The molecule has 0 saturated heterocycles. The van der Waals surface area contributed by atoms with Crippen LogP contribution in [0.3, 0.4) is 0 Å². The summed E-state index contributed by atoms with van der Waals surface area (Å²) < 4.78 is 0. The topological polar surface area (TPSA) is 90.7 Å². The van der Waals surface area contributed by atoms with Crippen molar-refractivity contribution in [1.29, 1.82) is 5.26 Å². The van der Waals surface area contributed by atoms with E-state index < -0.39 is 0 Å². The monoisotopic (exact) mass is 357 g/mol. The summed E-state index contributed by atoms with van der Waals surface area (Å²) >= 11 is 0. The van der Waals surface area contributed by atoms with Gasteiger partial charge in [-0.3, -0.25) is 4.79 Å². The maximum atomic E-state index is 12.6. The standard InChI is InChI=1S/C21H19N5O/c1-13-7-14(2)9-18(8-13)25-21-23-15(3)10-19(26-21)20(27)24-17-6-4-5-16(11-17)12-22/h4-11H,1-3H3,(H,24,27)(H,23,25,26). The van der Waals surface area contributed by atoms with Gasteiger partial charge in [0.2, 0.25) is 5.95 Å². The van der Waals surface area contributed by atoms with Gasteiger partial charge < -0.3 is 10.6 Å². The van der Waals surface area contributed by atoms with E-state index in [1.807, 2.05) is 32.0 Å². The average molecular weight is 357 g/mol. The molecule has 0 saturated carbocycles. The third-order valence-electron chi connectivity index (χ3n) is 3.81. The molecule has 1 aromatic heterocycles. The van der Waals surface area contributed by atoms with Crippen LogP contribution in [0.1, 0.15) is 32.9 Å². The highest BCUT2D eigenvalue weighted by Crippen LogP contribution is 2.18. The van der Waals surface area contributed by atoms with Gasteiger partial charge in [-0.2, -0.15) is 5.26 Å². The number of aryl methyl sites for hydroxylation is 3. The first-order chi connectivity index (χ1) is 12.9. The zero-order chi connectivity index (χ0) is 19.4. The summed E-state index contributed by atoms with van der Waals surface area (Å²) in [6.45, 7) is 5.84. The van der Waals surface area contributed by atoms with Gasteiger partial charge >= 0.3 is 0 Å². The molecule has 2 aromatic carbocycles. The normalized spacial score (nSPS) is 10.1. The number of benzene rings is 2. The first-order valence-corrected chi connectivity index (χ1v) is 8.45. The van der Waals surface area contributed by atoms with Crippen LogP contribution < -0.4 is 10.6 Å². The van der Waals surface area contributed by atoms with Crippen LogP contribution in [0.15, 0.2) is 48.5 Å². The second-order valence-electron chi connectivity index (χ2n) is 6.37. The van der Waals surface area contributed by atoms with E-state index in [4.69, 9.17) is 5.26 Å². The summed E-state index contributed by atoms with van der Waals surface area (Å²) in [5.41, 5.74) is 5.06. The van der Waals surface area contributed by atoms with Gasteiger partial charge in [0.15, 0.2) is 0 Å². The van der Waals surface area contributed by atoms with Crippen LogP contribution in [-0.4, -0.2) is 15.9 Å². The van der Waals surface area contributed by atoms with E-state index in [0.29, 0.717) is 22.9 Å². The zero-order valence-corrected chi connectivity index (χ0v) is 15.4. The number of hydrogen-bond donors (Lipinski definition) is 2. The molecule has 6 heteroatoms. The molecule has 0 fully saturated rings. The van der Waals surface area contributed by atoms with Gasteiger partial charge in [0.25, 0.3) is 5.91 Å². The molecule has 3 rings (SSSR count). The Morgan fingerprint density at radius 2 is 1.70 bits per heavy atom. The van der Waals surface area contributed by atoms with Crippen LogP contribution in [0.5, 0.6) is 0 Å². The maximum absolute atomic E-state index is 12.6. The Hall–Kier alpha value is -3.72. The number of carbonyl (C=O) groups is 1. The molecule has 1 heterocycles. The summed E-state index contributed by atoms with van der Waals surface area (Å²) in [6, 6.07) is 16.5. The van der Waals surface area contributed by atoms with Crippen molar-refractivity contribution in [2.24, 2.45) is 0 Å². The number of nitriles is 1. The zero-order valence-electron chi connectivity index (χ0n) is 15.4. The fourth-order valence-corrected chi connectivity index (χ4v) is 2.78. The minimum Gasteiger partial charge on any atom is -0.324 e. The summed E-state index contributed by atoms with van der Waals surface area (Å²) in [4.78, 5) is 21.3. The first-order valence-electron chi connectivity index (χ1n) is 8.45. The van der Waals surface area contributed by atoms with Crippen LogP contribution in [0.2, 0.25) is 0 Å². The predicted molar refractivity (Wildman–Crippen MR) is 105 cm³/mol. The molecule has 0 aliphatic heterocycles. The number of nitrogens with zero attached hydrogens (tertiary/aromatic N) is 3. The highest BCUT2D eigenvalue weighted by atomic mass is 16.1. The van der Waals surface area contributed by atoms with Gasteiger partial charge in [0.05, 0.1) is 11.6 Å². The van der Waals surface area contributed by atoms with Crippen molar-refractivity contribution in [1.82, 2.24) is 9.97 Å². The third kappa shape index (κ3) is 4.67. The van der Waals surface area contributed by atoms with E-state index in [0.717, 1.165) is 16.8 Å². The summed E-state index contributed by atoms with van der Waals surface area (Å²) in [5, 5.41) is 14.9. The van der Waals surface area contributed by atoms with Crippen molar-refractivity contribution in [2.75, 3.05) is 10.6 Å². The smallest absolute Gasteiger partial charge is 0.274 e. The minimum atomic E-state index is -0.362. The first kappa shape index (κ1) is 18.1. The molecule has 0 radical (unpaired) electrons. The van der Waals surface area contributed by atoms with Crippen molar-refractivity contribution in [3.8, 4) is 6.07 Å². The van der Waals surface area contributed by atoms with E-state index in [9.17, 15) is 4.79 Å². The second kappa shape index (κ2) is 7.67. The molecule has 0 unspecified atom stereocenters. The molecule has 134 valence electrons. The number of anilines is 3. The maximum Gasteiger partial charge on any atom is 0.274 e. The Kier molecular flexibility index (Phi) is 5.13. The van der Waals surface area contributed by atoms with Crippen LogP contribution >= 0.6 is 0 Å². The Balaban J connectivity index is 1.84. The molecule has 3 aromatic rings. The van der Waals surface area contributed by atoms with Crippen molar-refractivity contribution >= 4 is 23.2 Å². The number of aromatic nitrogens is 2. The lowest BCUT2D eigenvalue weighted by atomic mass is 10.1. The number of hydrogen-bond acceptors (Lipinski definition) is 5. The highest BCUT2D eigenvalue weighted by Gasteiger charge is 2.12. The molecule has 27 heavy (non-hydrogen) atoms. The SMILES string of the molecule is Cc1cc(C)cc(Nc2nc(C)cc(C(=O)Nc3cccc(C#N)c3)n2)c1. The van der Waals surface area contributed by atoms with Gasteiger partial charge in [-0.05, 0) is 68.3 Å². The van der Waals surface area contributed by atoms with E-state index >= 15 is 0 Å². The fourth-order valence-electron chi connectivity index (χ4n) is 2.78. The van der Waals surface area contributed by atoms with Crippen molar-refractivity contribution in [2.45, 2.75) is 20.8 Å². The number of nitrogens with one attached hydrogen (secondary N) is 2. The van der Waals surface area contributed by atoms with E-state index in [1.165, 1.54) is 0 Å². The van der Waals surface area contributed by atoms with Crippen molar-refractivity contribution < 1.29 is 4.79 Å². The van der Waals surface area contributed by atoms with Crippen LogP contribution in [0.25, 0.3) is 0 Å². The lowest BCUT2D eigenvalue weighted by Crippen LogP contribution is -2.15. The summed E-state index contributed by atoms with van der Waals surface area (Å²) in [6.07, 6.45) is 0. The van der Waals surface area contributed by atoms with Crippen LogP contribution in [-0.2, 0) is 0 Å². The lowest BCUT2D eigenvalue weighted by Gasteiger charge is -2.10. The molecule has 1 amide bonds.